The number of carbonyl (C=O) groups excluding carboxylic acids is 1. The molecule has 3 rings (SSSR count). The summed E-state index contributed by atoms with van der Waals surface area (Å²) < 4.78 is 5.34. The number of benzene rings is 1. The molecule has 19 heavy (non-hydrogen) atoms. The topological polar surface area (TPSA) is 79.9 Å². The average molecular weight is 258 g/mol. The zero-order valence-electron chi connectivity index (χ0n) is 10.3. The van der Waals surface area contributed by atoms with Gasteiger partial charge in [-0.2, -0.15) is 15.4 Å². The van der Waals surface area contributed by atoms with E-state index in [0.29, 0.717) is 26.1 Å². The third-order valence-corrected chi connectivity index (χ3v) is 3.08. The van der Waals surface area contributed by atoms with Crippen molar-refractivity contribution in [2.75, 3.05) is 5.32 Å². The second-order valence-corrected chi connectivity index (χ2v) is 4.49. The van der Waals surface area contributed by atoms with Gasteiger partial charge in [0.15, 0.2) is 0 Å². The number of amides is 1. The molecule has 0 bridgehead atoms. The van der Waals surface area contributed by atoms with Crippen LogP contribution in [0.5, 0.6) is 0 Å². The number of ether oxygens (including phenoxy) is 1. The highest BCUT2D eigenvalue weighted by Crippen LogP contribution is 2.23. The molecule has 0 spiro atoms. The summed E-state index contributed by atoms with van der Waals surface area (Å²) >= 11 is 0. The number of hydrogen-bond donors (Lipinski definition) is 2. The van der Waals surface area contributed by atoms with Gasteiger partial charge in [0.2, 0.25) is 5.91 Å². The minimum atomic E-state index is -0.0261. The van der Waals surface area contributed by atoms with Gasteiger partial charge >= 0.3 is 0 Å². The zero-order chi connectivity index (χ0) is 13.1. The molecule has 2 heterocycles. The van der Waals surface area contributed by atoms with Gasteiger partial charge < -0.3 is 10.1 Å². The summed E-state index contributed by atoms with van der Waals surface area (Å²) in [5, 5.41) is 13.0. The fourth-order valence-corrected chi connectivity index (χ4v) is 2.06. The number of aromatic amines is 1. The highest BCUT2D eigenvalue weighted by molar-refractivity contribution is 5.90. The van der Waals surface area contributed by atoms with Crippen molar-refractivity contribution in [1.29, 1.82) is 0 Å². The summed E-state index contributed by atoms with van der Waals surface area (Å²) in [6.07, 6.45) is 2.59. The maximum atomic E-state index is 11.8. The first-order chi connectivity index (χ1) is 9.31. The van der Waals surface area contributed by atoms with Crippen LogP contribution < -0.4 is 5.32 Å². The third-order valence-electron chi connectivity index (χ3n) is 3.08. The lowest BCUT2D eigenvalue weighted by molar-refractivity contribution is -0.116. The van der Waals surface area contributed by atoms with Gasteiger partial charge in [0.1, 0.15) is 0 Å². The lowest BCUT2D eigenvalue weighted by Gasteiger charge is -2.06. The second-order valence-electron chi connectivity index (χ2n) is 4.49. The zero-order valence-corrected chi connectivity index (χ0v) is 10.3. The average Bonchev–Trinajstić information content (AvgIpc) is 3.07. The van der Waals surface area contributed by atoms with E-state index in [1.807, 2.05) is 18.2 Å². The molecule has 6 heteroatoms. The van der Waals surface area contributed by atoms with E-state index in [2.05, 4.69) is 20.7 Å². The minimum Gasteiger partial charge on any atom is -0.372 e. The van der Waals surface area contributed by atoms with Crippen molar-refractivity contribution in [3.8, 4) is 0 Å². The van der Waals surface area contributed by atoms with Gasteiger partial charge in [0, 0.05) is 18.5 Å². The van der Waals surface area contributed by atoms with E-state index in [-0.39, 0.29) is 5.91 Å². The molecule has 0 atom stereocenters. The van der Waals surface area contributed by atoms with Gasteiger partial charge in [0.25, 0.3) is 0 Å². The van der Waals surface area contributed by atoms with Gasteiger partial charge in [0.05, 0.1) is 25.1 Å². The molecule has 1 aromatic heterocycles. The first kappa shape index (κ1) is 11.9. The number of fused-ring (bicyclic) bond motifs is 1. The SMILES string of the molecule is O=C(CCc1cn[nH]n1)Nc1ccc2c(c1)COC2. The van der Waals surface area contributed by atoms with Crippen molar-refractivity contribution in [3.05, 3.63) is 41.2 Å². The van der Waals surface area contributed by atoms with E-state index in [1.54, 1.807) is 6.20 Å². The Hall–Kier alpha value is -2.21. The van der Waals surface area contributed by atoms with Crippen LogP contribution in [0.15, 0.2) is 24.4 Å². The summed E-state index contributed by atoms with van der Waals surface area (Å²) in [6, 6.07) is 5.87. The Labute approximate surface area is 110 Å². The first-order valence-electron chi connectivity index (χ1n) is 6.15. The van der Waals surface area contributed by atoms with Crippen molar-refractivity contribution >= 4 is 11.6 Å². The lowest BCUT2D eigenvalue weighted by atomic mass is 10.1. The molecule has 0 aliphatic carbocycles. The van der Waals surface area contributed by atoms with Crippen LogP contribution >= 0.6 is 0 Å². The number of nitrogens with zero attached hydrogens (tertiary/aromatic N) is 2. The normalized spacial score (nSPS) is 13.3. The van der Waals surface area contributed by atoms with Crippen LogP contribution in [0.25, 0.3) is 0 Å². The number of H-pyrrole nitrogens is 1. The van der Waals surface area contributed by atoms with Crippen molar-refractivity contribution in [2.45, 2.75) is 26.1 Å². The Morgan fingerprint density at radius 3 is 3.11 bits per heavy atom. The van der Waals surface area contributed by atoms with E-state index in [1.165, 1.54) is 5.56 Å². The molecule has 0 fully saturated rings. The third kappa shape index (κ3) is 2.79. The molecule has 1 aliphatic rings. The number of aromatic nitrogens is 3. The molecule has 2 N–H and O–H groups in total. The number of carbonyl (C=O) groups is 1. The second kappa shape index (κ2) is 5.19. The predicted molar refractivity (Wildman–Crippen MR) is 68.3 cm³/mol. The highest BCUT2D eigenvalue weighted by Gasteiger charge is 2.12. The van der Waals surface area contributed by atoms with E-state index >= 15 is 0 Å². The molecule has 6 nitrogen and oxygen atoms in total. The fourth-order valence-electron chi connectivity index (χ4n) is 2.06. The number of rotatable bonds is 4. The smallest absolute Gasteiger partial charge is 0.224 e. The van der Waals surface area contributed by atoms with Crippen LogP contribution in [0, 0.1) is 0 Å². The monoisotopic (exact) mass is 258 g/mol. The summed E-state index contributed by atoms with van der Waals surface area (Å²) in [4.78, 5) is 11.8. The molecule has 1 aromatic carbocycles. The molecule has 0 saturated carbocycles. The summed E-state index contributed by atoms with van der Waals surface area (Å²) in [5.74, 6) is -0.0261. The molecule has 1 aliphatic heterocycles. The molecule has 98 valence electrons. The quantitative estimate of drug-likeness (QED) is 0.868. The Kier molecular flexibility index (Phi) is 3.24. The van der Waals surface area contributed by atoms with Crippen LogP contribution in [-0.2, 0) is 29.2 Å². The summed E-state index contributed by atoms with van der Waals surface area (Å²) in [7, 11) is 0. The van der Waals surface area contributed by atoms with Crippen molar-refractivity contribution < 1.29 is 9.53 Å². The Morgan fingerprint density at radius 2 is 2.26 bits per heavy atom. The van der Waals surface area contributed by atoms with Gasteiger partial charge in [-0.25, -0.2) is 0 Å². The molecular formula is C13H14N4O2. The Morgan fingerprint density at radius 1 is 1.37 bits per heavy atom. The van der Waals surface area contributed by atoms with Gasteiger partial charge in [-0.05, 0) is 23.3 Å². The van der Waals surface area contributed by atoms with E-state index < -0.39 is 0 Å². The Balaban J connectivity index is 1.57. The van der Waals surface area contributed by atoms with Crippen LogP contribution in [0.4, 0.5) is 5.69 Å². The minimum absolute atomic E-state index is 0.0261. The van der Waals surface area contributed by atoms with Gasteiger partial charge in [-0.3, -0.25) is 4.79 Å². The van der Waals surface area contributed by atoms with Crippen LogP contribution in [0.1, 0.15) is 23.2 Å². The van der Waals surface area contributed by atoms with Crippen molar-refractivity contribution in [1.82, 2.24) is 15.4 Å². The largest absolute Gasteiger partial charge is 0.372 e. The van der Waals surface area contributed by atoms with Crippen molar-refractivity contribution in [3.63, 3.8) is 0 Å². The maximum Gasteiger partial charge on any atom is 0.224 e. The van der Waals surface area contributed by atoms with Gasteiger partial charge in [-0.1, -0.05) is 6.07 Å². The Bertz CT molecular complexity index is 580. The summed E-state index contributed by atoms with van der Waals surface area (Å²) in [5.41, 5.74) is 3.95. The predicted octanol–water partition coefficient (Wildman–Crippen LogP) is 1.41. The molecule has 2 aromatic rings. The summed E-state index contributed by atoms with van der Waals surface area (Å²) in [6.45, 7) is 1.29. The van der Waals surface area contributed by atoms with Gasteiger partial charge in [-0.15, -0.1) is 0 Å². The standard InChI is InChI=1S/C13H14N4O2/c18-13(4-3-12-6-14-17-16-12)15-11-2-1-9-7-19-8-10(9)5-11/h1-2,5-6H,3-4,7-8H2,(H,15,18)(H,14,16,17). The highest BCUT2D eigenvalue weighted by atomic mass is 16.5. The number of anilines is 1. The lowest BCUT2D eigenvalue weighted by Crippen LogP contribution is -2.12. The van der Waals surface area contributed by atoms with Crippen molar-refractivity contribution in [2.24, 2.45) is 0 Å². The maximum absolute atomic E-state index is 11.8. The van der Waals surface area contributed by atoms with Crippen LogP contribution in [-0.4, -0.2) is 21.3 Å². The molecular weight excluding hydrogens is 244 g/mol. The molecule has 0 unspecified atom stereocenters. The van der Waals surface area contributed by atoms with E-state index in [0.717, 1.165) is 16.9 Å². The fraction of sp³-hybridized carbons (Fsp3) is 0.308. The molecule has 1 amide bonds. The van der Waals surface area contributed by atoms with Crippen LogP contribution in [0.3, 0.4) is 0 Å². The number of nitrogens with one attached hydrogen (secondary N) is 2. The van der Waals surface area contributed by atoms with E-state index in [4.69, 9.17) is 4.74 Å². The van der Waals surface area contributed by atoms with E-state index in [9.17, 15) is 4.79 Å². The molecule has 0 radical (unpaired) electrons. The number of hydrogen-bond acceptors (Lipinski definition) is 4. The first-order valence-corrected chi connectivity index (χ1v) is 6.15. The van der Waals surface area contributed by atoms with Crippen LogP contribution in [0.2, 0.25) is 0 Å². The number of aryl methyl sites for hydroxylation is 1. The molecule has 0 saturated heterocycles.